The summed E-state index contributed by atoms with van der Waals surface area (Å²) >= 11 is 0. The Kier molecular flexibility index (Phi) is 7.05. The summed E-state index contributed by atoms with van der Waals surface area (Å²) < 4.78 is 15.0. The Morgan fingerprint density at radius 2 is 1.63 bits per heavy atom. The van der Waals surface area contributed by atoms with Gasteiger partial charge in [-0.3, -0.25) is 9.59 Å². The van der Waals surface area contributed by atoms with Gasteiger partial charge in [0, 0.05) is 13.7 Å². The zero-order chi connectivity index (χ0) is 15.1. The second-order valence-electron chi connectivity index (χ2n) is 5.91. The fourth-order valence-corrected chi connectivity index (χ4v) is 1.81. The third kappa shape index (κ3) is 7.15. The van der Waals surface area contributed by atoms with Gasteiger partial charge in [0.25, 0.3) is 0 Å². The van der Waals surface area contributed by atoms with Crippen LogP contribution in [0.25, 0.3) is 0 Å². The number of rotatable bonds is 7. The molecule has 5 heteroatoms. The molecule has 0 bridgehead atoms. The van der Waals surface area contributed by atoms with Crippen molar-refractivity contribution in [2.75, 3.05) is 20.8 Å². The molecular weight excluding hydrogens is 248 g/mol. The Morgan fingerprint density at radius 3 is 2.05 bits per heavy atom. The van der Waals surface area contributed by atoms with Crippen molar-refractivity contribution in [2.24, 2.45) is 5.41 Å². The first-order valence-corrected chi connectivity index (χ1v) is 6.44. The van der Waals surface area contributed by atoms with Crippen LogP contribution in [0.4, 0.5) is 0 Å². The molecule has 112 valence electrons. The lowest BCUT2D eigenvalue weighted by molar-refractivity contribution is -0.166. The van der Waals surface area contributed by atoms with Crippen LogP contribution in [0.15, 0.2) is 0 Å². The smallest absolute Gasteiger partial charge is 0.312 e. The van der Waals surface area contributed by atoms with E-state index in [1.165, 1.54) is 7.11 Å². The zero-order valence-electron chi connectivity index (χ0n) is 12.9. The normalized spacial score (nSPS) is 14.6. The van der Waals surface area contributed by atoms with Crippen LogP contribution in [-0.4, -0.2) is 38.4 Å². The van der Waals surface area contributed by atoms with E-state index < -0.39 is 23.0 Å². The first kappa shape index (κ1) is 17.9. The van der Waals surface area contributed by atoms with E-state index in [4.69, 9.17) is 14.2 Å². The predicted molar refractivity (Wildman–Crippen MR) is 71.7 cm³/mol. The van der Waals surface area contributed by atoms with Crippen molar-refractivity contribution >= 4 is 11.9 Å². The molecule has 0 aromatic heterocycles. The summed E-state index contributed by atoms with van der Waals surface area (Å²) in [6, 6.07) is 0. The fraction of sp³-hybridized carbons (Fsp3) is 0.857. The molecule has 1 atom stereocenters. The molecule has 0 aliphatic rings. The SMILES string of the molecule is COCCC[C@](C)(CC(=O)OC(C)(C)C)C(=O)OC. The van der Waals surface area contributed by atoms with Crippen molar-refractivity contribution < 1.29 is 23.8 Å². The largest absolute Gasteiger partial charge is 0.469 e. The summed E-state index contributed by atoms with van der Waals surface area (Å²) in [7, 11) is 2.93. The molecule has 0 amide bonds. The molecule has 0 aromatic rings. The minimum Gasteiger partial charge on any atom is -0.469 e. The monoisotopic (exact) mass is 274 g/mol. The summed E-state index contributed by atoms with van der Waals surface area (Å²) in [6.07, 6.45) is 1.22. The van der Waals surface area contributed by atoms with E-state index in [2.05, 4.69) is 0 Å². The predicted octanol–water partition coefficient (Wildman–Crippen LogP) is 2.32. The third-order valence-electron chi connectivity index (χ3n) is 2.71. The molecule has 0 aromatic carbocycles. The number of carbonyl (C=O) groups excluding carboxylic acids is 2. The quantitative estimate of drug-likeness (QED) is 0.526. The maximum absolute atomic E-state index is 11.9. The molecule has 0 heterocycles. The lowest BCUT2D eigenvalue weighted by atomic mass is 9.82. The Bertz CT molecular complexity index is 305. The molecule has 0 unspecified atom stereocenters. The van der Waals surface area contributed by atoms with Crippen LogP contribution >= 0.6 is 0 Å². The average molecular weight is 274 g/mol. The highest BCUT2D eigenvalue weighted by Gasteiger charge is 2.37. The second kappa shape index (κ2) is 7.48. The van der Waals surface area contributed by atoms with Crippen LogP contribution in [0.5, 0.6) is 0 Å². The highest BCUT2D eigenvalue weighted by Crippen LogP contribution is 2.30. The summed E-state index contributed by atoms with van der Waals surface area (Å²) in [5, 5.41) is 0. The molecule has 0 spiro atoms. The first-order chi connectivity index (χ1) is 8.64. The van der Waals surface area contributed by atoms with E-state index in [9.17, 15) is 9.59 Å². The maximum atomic E-state index is 11.9. The lowest BCUT2D eigenvalue weighted by Crippen LogP contribution is -2.35. The Balaban J connectivity index is 4.67. The number of hydrogen-bond donors (Lipinski definition) is 0. The first-order valence-electron chi connectivity index (χ1n) is 6.44. The minimum absolute atomic E-state index is 0.0145. The van der Waals surface area contributed by atoms with Gasteiger partial charge >= 0.3 is 11.9 Å². The molecule has 0 saturated heterocycles. The van der Waals surface area contributed by atoms with Gasteiger partial charge in [0.2, 0.25) is 0 Å². The van der Waals surface area contributed by atoms with Crippen molar-refractivity contribution in [3.05, 3.63) is 0 Å². The van der Waals surface area contributed by atoms with Crippen LogP contribution in [0, 0.1) is 5.41 Å². The van der Waals surface area contributed by atoms with E-state index in [-0.39, 0.29) is 6.42 Å². The summed E-state index contributed by atoms with van der Waals surface area (Å²) in [4.78, 5) is 23.7. The second-order valence-corrected chi connectivity index (χ2v) is 5.91. The van der Waals surface area contributed by atoms with Gasteiger partial charge in [-0.1, -0.05) is 0 Å². The molecule has 19 heavy (non-hydrogen) atoms. The van der Waals surface area contributed by atoms with Gasteiger partial charge in [0.15, 0.2) is 0 Å². The summed E-state index contributed by atoms with van der Waals surface area (Å²) in [5.41, 5.74) is -1.42. The van der Waals surface area contributed by atoms with Gasteiger partial charge in [-0.2, -0.15) is 0 Å². The standard InChI is InChI=1S/C14H26O5/c1-13(2,3)19-11(15)10-14(4,12(16)18-6)8-7-9-17-5/h7-10H2,1-6H3/t14-/m1/s1. The lowest BCUT2D eigenvalue weighted by Gasteiger charge is -2.27. The van der Waals surface area contributed by atoms with E-state index in [1.54, 1.807) is 34.8 Å². The molecule has 0 rings (SSSR count). The number of methoxy groups -OCH3 is 2. The van der Waals surface area contributed by atoms with Crippen molar-refractivity contribution in [1.82, 2.24) is 0 Å². The highest BCUT2D eigenvalue weighted by molar-refractivity contribution is 5.83. The number of carbonyl (C=O) groups is 2. The van der Waals surface area contributed by atoms with Gasteiger partial charge in [-0.05, 0) is 40.5 Å². The van der Waals surface area contributed by atoms with Crippen LogP contribution < -0.4 is 0 Å². The maximum Gasteiger partial charge on any atom is 0.312 e. The van der Waals surface area contributed by atoms with Crippen LogP contribution in [0.3, 0.4) is 0 Å². The van der Waals surface area contributed by atoms with Crippen molar-refractivity contribution in [3.63, 3.8) is 0 Å². The van der Waals surface area contributed by atoms with Gasteiger partial charge in [0.05, 0.1) is 18.9 Å². The van der Waals surface area contributed by atoms with Crippen LogP contribution in [0.2, 0.25) is 0 Å². The van der Waals surface area contributed by atoms with Crippen molar-refractivity contribution in [3.8, 4) is 0 Å². The Hall–Kier alpha value is -1.10. The topological polar surface area (TPSA) is 61.8 Å². The number of ether oxygens (including phenoxy) is 3. The van der Waals surface area contributed by atoms with Crippen LogP contribution in [-0.2, 0) is 23.8 Å². The molecule has 0 radical (unpaired) electrons. The zero-order valence-corrected chi connectivity index (χ0v) is 12.9. The molecular formula is C14H26O5. The number of hydrogen-bond acceptors (Lipinski definition) is 5. The van der Waals surface area contributed by atoms with Gasteiger partial charge in [-0.15, -0.1) is 0 Å². The summed E-state index contributed by atoms with van der Waals surface area (Å²) in [5.74, 6) is -0.785. The highest BCUT2D eigenvalue weighted by atomic mass is 16.6. The molecule has 0 aliphatic carbocycles. The van der Waals surface area contributed by atoms with E-state index >= 15 is 0 Å². The van der Waals surface area contributed by atoms with Crippen molar-refractivity contribution in [1.29, 1.82) is 0 Å². The fourth-order valence-electron chi connectivity index (χ4n) is 1.81. The Morgan fingerprint density at radius 1 is 1.05 bits per heavy atom. The molecule has 0 fully saturated rings. The van der Waals surface area contributed by atoms with Crippen LogP contribution in [0.1, 0.15) is 47.0 Å². The molecule has 0 saturated carbocycles. The van der Waals surface area contributed by atoms with E-state index in [1.807, 2.05) is 0 Å². The molecule has 5 nitrogen and oxygen atoms in total. The molecule has 0 N–H and O–H groups in total. The van der Waals surface area contributed by atoms with Crippen molar-refractivity contribution in [2.45, 2.75) is 52.6 Å². The number of esters is 2. The van der Waals surface area contributed by atoms with Gasteiger partial charge in [0.1, 0.15) is 5.60 Å². The van der Waals surface area contributed by atoms with E-state index in [0.29, 0.717) is 19.4 Å². The van der Waals surface area contributed by atoms with Gasteiger partial charge < -0.3 is 14.2 Å². The average Bonchev–Trinajstić information content (AvgIpc) is 2.25. The van der Waals surface area contributed by atoms with E-state index in [0.717, 1.165) is 0 Å². The van der Waals surface area contributed by atoms with Gasteiger partial charge in [-0.25, -0.2) is 0 Å². The Labute approximate surface area is 115 Å². The summed E-state index contributed by atoms with van der Waals surface area (Å²) in [6.45, 7) is 7.65. The minimum atomic E-state index is -0.865. The molecule has 0 aliphatic heterocycles. The third-order valence-corrected chi connectivity index (χ3v) is 2.71.